The summed E-state index contributed by atoms with van der Waals surface area (Å²) >= 11 is 0. The molecule has 1 aliphatic carbocycles. The summed E-state index contributed by atoms with van der Waals surface area (Å²) in [6.07, 6.45) is 5.14. The van der Waals surface area contributed by atoms with E-state index in [1.807, 2.05) is 22.9 Å². The lowest BCUT2D eigenvalue weighted by molar-refractivity contribution is 0.311. The second kappa shape index (κ2) is 5.31. The van der Waals surface area contributed by atoms with Crippen LogP contribution in [0.5, 0.6) is 0 Å². The van der Waals surface area contributed by atoms with Crippen LogP contribution < -0.4 is 5.73 Å². The highest BCUT2D eigenvalue weighted by Gasteiger charge is 2.24. The van der Waals surface area contributed by atoms with Gasteiger partial charge in [-0.05, 0) is 30.4 Å². The molecule has 0 unspecified atom stereocenters. The molecule has 1 aromatic heterocycles. The Morgan fingerprint density at radius 1 is 1.25 bits per heavy atom. The predicted octanol–water partition coefficient (Wildman–Crippen LogP) is 3.92. The fourth-order valence-electron chi connectivity index (χ4n) is 3.01. The van der Waals surface area contributed by atoms with Gasteiger partial charge in [-0.15, -0.1) is 0 Å². The summed E-state index contributed by atoms with van der Waals surface area (Å²) in [7, 11) is 0. The minimum absolute atomic E-state index is 0.419. The molecule has 2 aromatic rings. The first-order valence-corrected chi connectivity index (χ1v) is 7.59. The second-order valence-corrected chi connectivity index (χ2v) is 6.15. The normalized spacial score (nSPS) is 15.6. The summed E-state index contributed by atoms with van der Waals surface area (Å²) in [5.74, 6) is 2.04. The van der Waals surface area contributed by atoms with Crippen molar-refractivity contribution in [2.24, 2.45) is 5.92 Å². The number of nitrogen functional groups attached to an aromatic ring is 1. The van der Waals surface area contributed by atoms with Crippen LogP contribution in [0.4, 0.5) is 5.82 Å². The highest BCUT2D eigenvalue weighted by atomic mass is 15.3. The molecule has 1 saturated carbocycles. The number of nitrogens with two attached hydrogens (primary N) is 1. The molecule has 106 valence electrons. The maximum atomic E-state index is 6.37. The Kier molecular flexibility index (Phi) is 3.51. The van der Waals surface area contributed by atoms with Crippen LogP contribution in [0.2, 0.25) is 0 Å². The number of para-hydroxylation sites is 1. The average Bonchev–Trinajstić information content (AvgIpc) is 2.72. The molecule has 3 rings (SSSR count). The van der Waals surface area contributed by atoms with E-state index in [9.17, 15) is 0 Å². The largest absolute Gasteiger partial charge is 0.383 e. The van der Waals surface area contributed by atoms with Crippen molar-refractivity contribution in [3.05, 3.63) is 41.6 Å². The third-order valence-electron chi connectivity index (χ3n) is 4.32. The maximum absolute atomic E-state index is 6.37. The summed E-state index contributed by atoms with van der Waals surface area (Å²) in [6, 6.07) is 10.2. The van der Waals surface area contributed by atoms with E-state index in [0.29, 0.717) is 5.92 Å². The maximum Gasteiger partial charge on any atom is 0.130 e. The molecule has 0 amide bonds. The van der Waals surface area contributed by atoms with Crippen LogP contribution in [0.3, 0.4) is 0 Å². The lowest BCUT2D eigenvalue weighted by atomic mass is 9.81. The molecule has 0 aliphatic heterocycles. The molecule has 1 aromatic carbocycles. The minimum Gasteiger partial charge on any atom is -0.383 e. The first-order chi connectivity index (χ1) is 9.66. The Morgan fingerprint density at radius 2 is 1.95 bits per heavy atom. The highest BCUT2D eigenvalue weighted by molar-refractivity contribution is 5.51. The summed E-state index contributed by atoms with van der Waals surface area (Å²) in [4.78, 5) is 0. The molecule has 1 aliphatic rings. The fraction of sp³-hybridized carbons (Fsp3) is 0.471. The Labute approximate surface area is 120 Å². The molecule has 0 saturated heterocycles. The van der Waals surface area contributed by atoms with E-state index >= 15 is 0 Å². The average molecular weight is 269 g/mol. The van der Waals surface area contributed by atoms with Crippen molar-refractivity contribution in [2.45, 2.75) is 45.4 Å². The minimum atomic E-state index is 0.419. The number of rotatable bonds is 4. The molecule has 0 radical (unpaired) electrons. The number of hydrogen-bond donors (Lipinski definition) is 1. The third-order valence-corrected chi connectivity index (χ3v) is 4.32. The summed E-state index contributed by atoms with van der Waals surface area (Å²) in [6.45, 7) is 4.40. The van der Waals surface area contributed by atoms with Gasteiger partial charge in [-0.3, -0.25) is 0 Å². The van der Waals surface area contributed by atoms with Gasteiger partial charge < -0.3 is 5.73 Å². The van der Waals surface area contributed by atoms with Gasteiger partial charge in [0.25, 0.3) is 0 Å². The van der Waals surface area contributed by atoms with Gasteiger partial charge in [0.05, 0.1) is 11.4 Å². The van der Waals surface area contributed by atoms with Crippen LogP contribution in [0.15, 0.2) is 30.3 Å². The van der Waals surface area contributed by atoms with E-state index < -0.39 is 0 Å². The quantitative estimate of drug-likeness (QED) is 0.914. The van der Waals surface area contributed by atoms with Crippen LogP contribution in [-0.4, -0.2) is 9.78 Å². The standard InChI is InChI=1S/C17H23N3/c1-12(2)16-15(11-13-7-6-8-13)19-20(17(16)18)14-9-4-3-5-10-14/h3-5,9-10,12-13H,6-8,11,18H2,1-2H3. The van der Waals surface area contributed by atoms with Crippen molar-refractivity contribution in [1.82, 2.24) is 9.78 Å². The van der Waals surface area contributed by atoms with Gasteiger partial charge in [-0.25, -0.2) is 4.68 Å². The molecule has 1 heterocycles. The summed E-state index contributed by atoms with van der Waals surface area (Å²) < 4.78 is 1.91. The first kappa shape index (κ1) is 13.2. The van der Waals surface area contributed by atoms with Crippen molar-refractivity contribution in [3.8, 4) is 5.69 Å². The van der Waals surface area contributed by atoms with Crippen LogP contribution >= 0.6 is 0 Å². The van der Waals surface area contributed by atoms with Crippen LogP contribution in [0.1, 0.15) is 50.3 Å². The summed E-state index contributed by atoms with van der Waals surface area (Å²) in [5, 5.41) is 4.81. The predicted molar refractivity (Wildman–Crippen MR) is 83.1 cm³/mol. The van der Waals surface area contributed by atoms with Crippen molar-refractivity contribution < 1.29 is 0 Å². The zero-order valence-electron chi connectivity index (χ0n) is 12.3. The molecule has 0 spiro atoms. The van der Waals surface area contributed by atoms with Crippen LogP contribution in [0.25, 0.3) is 5.69 Å². The van der Waals surface area contributed by atoms with Crippen molar-refractivity contribution in [2.75, 3.05) is 5.73 Å². The molecule has 1 fully saturated rings. The zero-order valence-corrected chi connectivity index (χ0v) is 12.3. The Bertz CT molecular complexity index is 580. The fourth-order valence-corrected chi connectivity index (χ4v) is 3.01. The molecule has 3 nitrogen and oxygen atoms in total. The molecule has 20 heavy (non-hydrogen) atoms. The third kappa shape index (κ3) is 2.33. The van der Waals surface area contributed by atoms with Gasteiger partial charge in [0.1, 0.15) is 5.82 Å². The molecule has 0 bridgehead atoms. The SMILES string of the molecule is CC(C)c1c(CC2CCC2)nn(-c2ccccc2)c1N. The molecular formula is C17H23N3. The Morgan fingerprint density at radius 3 is 2.50 bits per heavy atom. The molecule has 0 atom stereocenters. The summed E-state index contributed by atoms with van der Waals surface area (Å²) in [5.41, 5.74) is 9.86. The van der Waals surface area contributed by atoms with Crippen molar-refractivity contribution in [1.29, 1.82) is 0 Å². The van der Waals surface area contributed by atoms with Crippen molar-refractivity contribution in [3.63, 3.8) is 0 Å². The van der Waals surface area contributed by atoms with Gasteiger partial charge in [-0.1, -0.05) is 51.3 Å². The van der Waals surface area contributed by atoms with Gasteiger partial charge in [0.2, 0.25) is 0 Å². The van der Waals surface area contributed by atoms with E-state index in [1.54, 1.807) is 0 Å². The lowest BCUT2D eigenvalue weighted by Gasteiger charge is -2.25. The first-order valence-electron chi connectivity index (χ1n) is 7.59. The van der Waals surface area contributed by atoms with Crippen LogP contribution in [0, 0.1) is 5.92 Å². The van der Waals surface area contributed by atoms with E-state index in [2.05, 4.69) is 26.0 Å². The molecular weight excluding hydrogens is 246 g/mol. The Balaban J connectivity index is 2.01. The second-order valence-electron chi connectivity index (χ2n) is 6.15. The molecule has 2 N–H and O–H groups in total. The van der Waals surface area contributed by atoms with E-state index in [-0.39, 0.29) is 0 Å². The number of aromatic nitrogens is 2. The number of benzene rings is 1. The van der Waals surface area contributed by atoms with Gasteiger partial charge in [0, 0.05) is 5.56 Å². The zero-order chi connectivity index (χ0) is 14.1. The van der Waals surface area contributed by atoms with Crippen LogP contribution in [-0.2, 0) is 6.42 Å². The smallest absolute Gasteiger partial charge is 0.130 e. The van der Waals surface area contributed by atoms with Gasteiger partial charge >= 0.3 is 0 Å². The van der Waals surface area contributed by atoms with Gasteiger partial charge in [-0.2, -0.15) is 5.10 Å². The van der Waals surface area contributed by atoms with E-state index in [0.717, 1.165) is 23.8 Å². The lowest BCUT2D eigenvalue weighted by Crippen LogP contribution is -2.15. The monoisotopic (exact) mass is 269 g/mol. The van der Waals surface area contributed by atoms with Crippen molar-refractivity contribution >= 4 is 5.82 Å². The van der Waals surface area contributed by atoms with E-state index in [1.165, 1.54) is 30.5 Å². The topological polar surface area (TPSA) is 43.8 Å². The number of anilines is 1. The number of hydrogen-bond acceptors (Lipinski definition) is 2. The number of nitrogens with zero attached hydrogens (tertiary/aromatic N) is 2. The highest BCUT2D eigenvalue weighted by Crippen LogP contribution is 2.34. The van der Waals surface area contributed by atoms with E-state index in [4.69, 9.17) is 10.8 Å². The van der Waals surface area contributed by atoms with Gasteiger partial charge in [0.15, 0.2) is 0 Å². The molecule has 3 heteroatoms. The Hall–Kier alpha value is -1.77.